The Morgan fingerprint density at radius 2 is 0.571 bits per heavy atom. The molecule has 0 saturated heterocycles. The van der Waals surface area contributed by atoms with Crippen molar-refractivity contribution in [2.75, 3.05) is 4.90 Å². The van der Waals surface area contributed by atoms with Gasteiger partial charge in [0.2, 0.25) is 0 Å². The summed E-state index contributed by atoms with van der Waals surface area (Å²) in [5, 5.41) is 7.80. The lowest BCUT2D eigenvalue weighted by Crippen LogP contribution is -2.09. The molecule has 9 aromatic carbocycles. The molecular weight excluding hydrogens is 591 g/mol. The Morgan fingerprint density at radius 3 is 1.10 bits per heavy atom. The molecule has 0 spiro atoms. The highest BCUT2D eigenvalue weighted by molar-refractivity contribution is 6.28. The van der Waals surface area contributed by atoms with E-state index in [4.69, 9.17) is 0 Å². The highest BCUT2D eigenvalue weighted by atomic mass is 15.1. The standard InChI is InChI=1S/C48H33N/c1-3-12-34(13-4-1)36-26-30-40(31-27-36)49(39-14-5-2-6-15-39)41-32-28-37(29-33-41)35-22-24-38(25-23-35)42-20-11-21-47-45-17-8-7-16-43(45)44-18-9-10-19-46(44)48(42)47/h1-33H. The quantitative estimate of drug-likeness (QED) is 0.167. The molecule has 0 radical (unpaired) electrons. The summed E-state index contributed by atoms with van der Waals surface area (Å²) < 4.78 is 0. The molecule has 9 rings (SSSR count). The maximum atomic E-state index is 2.32. The van der Waals surface area contributed by atoms with E-state index >= 15 is 0 Å². The van der Waals surface area contributed by atoms with Crippen LogP contribution in [-0.4, -0.2) is 0 Å². The average Bonchev–Trinajstić information content (AvgIpc) is 3.19. The SMILES string of the molecule is c1ccc(-c2ccc(N(c3ccccc3)c3ccc(-c4ccc(-c5cccc6c7ccccc7c7ccccc7c56)cc4)cc3)cc2)cc1. The molecule has 0 amide bonds. The van der Waals surface area contributed by atoms with Crippen molar-refractivity contribution >= 4 is 49.4 Å². The summed E-state index contributed by atoms with van der Waals surface area (Å²) in [7, 11) is 0. The topological polar surface area (TPSA) is 3.24 Å². The smallest absolute Gasteiger partial charge is 0.0462 e. The Bertz CT molecular complexity index is 2510. The lowest BCUT2D eigenvalue weighted by molar-refractivity contribution is 1.28. The molecule has 1 heteroatoms. The second kappa shape index (κ2) is 12.3. The van der Waals surface area contributed by atoms with E-state index in [9.17, 15) is 0 Å². The molecule has 0 atom stereocenters. The zero-order valence-corrected chi connectivity index (χ0v) is 27.0. The van der Waals surface area contributed by atoms with E-state index < -0.39 is 0 Å². The highest BCUT2D eigenvalue weighted by Crippen LogP contribution is 2.41. The van der Waals surface area contributed by atoms with Gasteiger partial charge in [0.05, 0.1) is 0 Å². The van der Waals surface area contributed by atoms with E-state index in [1.165, 1.54) is 65.7 Å². The Balaban J connectivity index is 1.06. The first-order valence-electron chi connectivity index (χ1n) is 16.9. The average molecular weight is 624 g/mol. The molecule has 0 fully saturated rings. The van der Waals surface area contributed by atoms with Crippen molar-refractivity contribution in [3.05, 3.63) is 200 Å². The number of rotatable bonds is 6. The summed E-state index contributed by atoms with van der Waals surface area (Å²) in [4.78, 5) is 2.32. The number of para-hydroxylation sites is 1. The summed E-state index contributed by atoms with van der Waals surface area (Å²) in [5.74, 6) is 0. The Morgan fingerprint density at radius 1 is 0.224 bits per heavy atom. The summed E-state index contributed by atoms with van der Waals surface area (Å²) >= 11 is 0. The normalized spacial score (nSPS) is 11.3. The van der Waals surface area contributed by atoms with E-state index in [2.05, 4.69) is 205 Å². The molecule has 0 unspecified atom stereocenters. The van der Waals surface area contributed by atoms with Crippen LogP contribution < -0.4 is 4.90 Å². The largest absolute Gasteiger partial charge is 0.311 e. The fourth-order valence-electron chi connectivity index (χ4n) is 7.30. The zero-order chi connectivity index (χ0) is 32.6. The predicted molar refractivity (Wildman–Crippen MR) is 210 cm³/mol. The number of fused-ring (bicyclic) bond motifs is 6. The highest BCUT2D eigenvalue weighted by Gasteiger charge is 2.15. The van der Waals surface area contributed by atoms with Gasteiger partial charge in [-0.1, -0.05) is 164 Å². The van der Waals surface area contributed by atoms with Crippen molar-refractivity contribution in [2.24, 2.45) is 0 Å². The van der Waals surface area contributed by atoms with Crippen molar-refractivity contribution in [3.8, 4) is 33.4 Å². The maximum Gasteiger partial charge on any atom is 0.0462 e. The Hall–Kier alpha value is -6.44. The third-order valence-corrected chi connectivity index (χ3v) is 9.67. The minimum absolute atomic E-state index is 1.12. The molecule has 0 aliphatic heterocycles. The van der Waals surface area contributed by atoms with Gasteiger partial charge in [0.25, 0.3) is 0 Å². The predicted octanol–water partition coefficient (Wildman–Crippen LogP) is 13.6. The molecule has 0 aliphatic rings. The van der Waals surface area contributed by atoms with E-state index in [1.807, 2.05) is 0 Å². The van der Waals surface area contributed by atoms with Crippen molar-refractivity contribution in [1.29, 1.82) is 0 Å². The second-order valence-corrected chi connectivity index (χ2v) is 12.5. The molecule has 230 valence electrons. The van der Waals surface area contributed by atoms with Crippen LogP contribution in [0.5, 0.6) is 0 Å². The lowest BCUT2D eigenvalue weighted by atomic mass is 9.89. The van der Waals surface area contributed by atoms with E-state index in [-0.39, 0.29) is 0 Å². The molecule has 1 nitrogen and oxygen atoms in total. The molecule has 0 heterocycles. The van der Waals surface area contributed by atoms with Gasteiger partial charge in [-0.3, -0.25) is 0 Å². The van der Waals surface area contributed by atoms with E-state index in [0.717, 1.165) is 17.1 Å². The van der Waals surface area contributed by atoms with Crippen LogP contribution in [0.4, 0.5) is 17.1 Å². The van der Waals surface area contributed by atoms with E-state index in [0.29, 0.717) is 0 Å². The molecule has 0 aromatic heterocycles. The summed E-state index contributed by atoms with van der Waals surface area (Å²) in [6.07, 6.45) is 0. The molecule has 0 N–H and O–H groups in total. The number of benzene rings is 9. The van der Waals surface area contributed by atoms with Crippen LogP contribution in [-0.2, 0) is 0 Å². The third kappa shape index (κ3) is 5.23. The van der Waals surface area contributed by atoms with Gasteiger partial charge in [-0.2, -0.15) is 0 Å². The fourth-order valence-corrected chi connectivity index (χ4v) is 7.30. The van der Waals surface area contributed by atoms with E-state index in [1.54, 1.807) is 0 Å². The first-order valence-corrected chi connectivity index (χ1v) is 16.9. The molecule has 0 bridgehead atoms. The molecular formula is C48H33N. The van der Waals surface area contributed by atoms with Crippen LogP contribution in [0.25, 0.3) is 65.7 Å². The summed E-state index contributed by atoms with van der Waals surface area (Å²) in [5.41, 5.74) is 10.7. The van der Waals surface area contributed by atoms with Crippen molar-refractivity contribution in [3.63, 3.8) is 0 Å². The number of anilines is 3. The summed E-state index contributed by atoms with van der Waals surface area (Å²) in [6, 6.07) is 72.2. The third-order valence-electron chi connectivity index (χ3n) is 9.67. The van der Waals surface area contributed by atoms with Crippen molar-refractivity contribution in [2.45, 2.75) is 0 Å². The van der Waals surface area contributed by atoms with Crippen LogP contribution in [0.15, 0.2) is 200 Å². The van der Waals surface area contributed by atoms with Crippen LogP contribution in [0.1, 0.15) is 0 Å². The van der Waals surface area contributed by atoms with Gasteiger partial charge < -0.3 is 4.90 Å². The summed E-state index contributed by atoms with van der Waals surface area (Å²) in [6.45, 7) is 0. The van der Waals surface area contributed by atoms with Crippen molar-refractivity contribution in [1.82, 2.24) is 0 Å². The molecule has 9 aromatic rings. The lowest BCUT2D eigenvalue weighted by Gasteiger charge is -2.26. The van der Waals surface area contributed by atoms with Gasteiger partial charge in [0, 0.05) is 17.1 Å². The molecule has 49 heavy (non-hydrogen) atoms. The number of nitrogens with zero attached hydrogens (tertiary/aromatic N) is 1. The van der Waals surface area contributed by atoms with Gasteiger partial charge in [-0.15, -0.1) is 0 Å². The van der Waals surface area contributed by atoms with Crippen LogP contribution in [0, 0.1) is 0 Å². The van der Waals surface area contributed by atoms with Gasteiger partial charge in [0.1, 0.15) is 0 Å². The minimum Gasteiger partial charge on any atom is -0.311 e. The van der Waals surface area contributed by atoms with Crippen LogP contribution >= 0.6 is 0 Å². The first kappa shape index (κ1) is 28.8. The van der Waals surface area contributed by atoms with Gasteiger partial charge in [-0.05, 0) is 102 Å². The minimum atomic E-state index is 1.12. The molecule has 0 saturated carbocycles. The van der Waals surface area contributed by atoms with Gasteiger partial charge >= 0.3 is 0 Å². The zero-order valence-electron chi connectivity index (χ0n) is 27.0. The Labute approximate surface area is 287 Å². The van der Waals surface area contributed by atoms with Crippen LogP contribution in [0.2, 0.25) is 0 Å². The first-order chi connectivity index (χ1) is 24.3. The van der Waals surface area contributed by atoms with Crippen molar-refractivity contribution < 1.29 is 0 Å². The number of hydrogen-bond donors (Lipinski definition) is 0. The van der Waals surface area contributed by atoms with Gasteiger partial charge in [0.15, 0.2) is 0 Å². The van der Waals surface area contributed by atoms with Gasteiger partial charge in [-0.25, -0.2) is 0 Å². The fraction of sp³-hybridized carbons (Fsp3) is 0. The number of hydrogen-bond acceptors (Lipinski definition) is 1. The Kier molecular flexibility index (Phi) is 7.22. The van der Waals surface area contributed by atoms with Crippen LogP contribution in [0.3, 0.4) is 0 Å². The maximum absolute atomic E-state index is 2.32. The second-order valence-electron chi connectivity index (χ2n) is 12.5. The molecule has 0 aliphatic carbocycles. The monoisotopic (exact) mass is 623 g/mol.